The number of hydrogen-bond donors (Lipinski definition) is 0. The molecule has 2 aromatic heterocycles. The highest BCUT2D eigenvalue weighted by Crippen LogP contribution is 2.29. The zero-order chi connectivity index (χ0) is 23.5. The number of fused-ring (bicyclic) bond motifs is 1. The maximum atomic E-state index is 13.3. The molecule has 0 aliphatic rings. The summed E-state index contributed by atoms with van der Waals surface area (Å²) in [4.78, 5) is 17.9. The molecular formula is C27H22IN3O3. The zero-order valence-corrected chi connectivity index (χ0v) is 20.7. The number of hydrogen-bond acceptors (Lipinski definition) is 4. The number of imidazole rings is 1. The van der Waals surface area contributed by atoms with E-state index in [-0.39, 0.29) is 5.69 Å². The third-order valence-corrected chi connectivity index (χ3v) is 6.39. The average Bonchev–Trinajstić information content (AvgIpc) is 3.13. The summed E-state index contributed by atoms with van der Waals surface area (Å²) in [5, 5.41) is 0. The number of ether oxygens (including phenoxy) is 2. The first-order chi connectivity index (χ1) is 16.6. The minimum Gasteiger partial charge on any atom is -0.473 e. The summed E-state index contributed by atoms with van der Waals surface area (Å²) >= 11 is 2.25. The molecule has 7 heteroatoms. The number of nitrogens with zero attached hydrogens (tertiary/aromatic N) is 3. The van der Waals surface area contributed by atoms with Crippen molar-refractivity contribution in [2.24, 2.45) is 7.05 Å². The highest BCUT2D eigenvalue weighted by molar-refractivity contribution is 14.1. The van der Waals surface area contributed by atoms with Gasteiger partial charge >= 0.3 is 5.69 Å². The van der Waals surface area contributed by atoms with Crippen molar-refractivity contribution in [1.82, 2.24) is 14.1 Å². The first kappa shape index (κ1) is 22.2. The van der Waals surface area contributed by atoms with Crippen LogP contribution in [0.25, 0.3) is 16.7 Å². The molecule has 6 nitrogen and oxygen atoms in total. The van der Waals surface area contributed by atoms with E-state index >= 15 is 0 Å². The molecule has 0 unspecified atom stereocenters. The van der Waals surface area contributed by atoms with Gasteiger partial charge in [0.1, 0.15) is 18.9 Å². The lowest BCUT2D eigenvalue weighted by atomic mass is 10.2. The Kier molecular flexibility index (Phi) is 6.35. The fourth-order valence-corrected chi connectivity index (χ4v) is 4.67. The minimum absolute atomic E-state index is 0.163. The summed E-state index contributed by atoms with van der Waals surface area (Å²) in [7, 11) is 1.78. The molecule has 0 saturated heterocycles. The molecule has 3 aromatic carbocycles. The van der Waals surface area contributed by atoms with E-state index in [2.05, 4.69) is 27.6 Å². The SMILES string of the molecule is Cn1c(=O)n(-c2ccc(OCc3ccccc3)nc2OCc2ccccc2)c2cccc(I)c21. The van der Waals surface area contributed by atoms with Gasteiger partial charge in [0.05, 0.1) is 11.0 Å². The largest absolute Gasteiger partial charge is 0.473 e. The molecule has 2 heterocycles. The second kappa shape index (κ2) is 9.72. The maximum Gasteiger partial charge on any atom is 0.333 e. The van der Waals surface area contributed by atoms with Gasteiger partial charge in [0.25, 0.3) is 0 Å². The second-order valence-electron chi connectivity index (χ2n) is 7.81. The fraction of sp³-hybridized carbons (Fsp3) is 0.111. The summed E-state index contributed by atoms with van der Waals surface area (Å²) < 4.78 is 16.4. The van der Waals surface area contributed by atoms with Crippen LogP contribution < -0.4 is 15.2 Å². The van der Waals surface area contributed by atoms with Crippen molar-refractivity contribution in [3.63, 3.8) is 0 Å². The number of halogens is 1. The number of para-hydroxylation sites is 1. The van der Waals surface area contributed by atoms with Crippen molar-refractivity contribution in [3.8, 4) is 17.4 Å². The molecule has 0 aliphatic heterocycles. The summed E-state index contributed by atoms with van der Waals surface area (Å²) in [5.74, 6) is 0.765. The lowest BCUT2D eigenvalue weighted by Gasteiger charge is -2.14. The third kappa shape index (κ3) is 4.43. The van der Waals surface area contributed by atoms with Crippen molar-refractivity contribution in [3.05, 3.63) is 116 Å². The van der Waals surface area contributed by atoms with Crippen LogP contribution in [-0.2, 0) is 20.3 Å². The van der Waals surface area contributed by atoms with Gasteiger partial charge in [0.2, 0.25) is 11.8 Å². The van der Waals surface area contributed by atoms with Gasteiger partial charge in [-0.1, -0.05) is 66.7 Å². The standard InChI is InChI=1S/C27H22IN3O3/c1-30-25-21(28)13-8-14-22(25)31(27(30)32)23-15-16-24(33-17-19-9-4-2-5-10-19)29-26(23)34-18-20-11-6-3-7-12-20/h2-16H,17-18H2,1H3. The lowest BCUT2D eigenvalue weighted by Crippen LogP contribution is -2.21. The number of aryl methyl sites for hydroxylation is 1. The quantitative estimate of drug-likeness (QED) is 0.246. The van der Waals surface area contributed by atoms with Crippen LogP contribution in [0.2, 0.25) is 0 Å². The predicted octanol–water partition coefficient (Wildman–Crippen LogP) is 5.49. The van der Waals surface area contributed by atoms with Crippen molar-refractivity contribution in [1.29, 1.82) is 0 Å². The Morgan fingerprint density at radius 2 is 1.44 bits per heavy atom. The third-order valence-electron chi connectivity index (χ3n) is 5.52. The fourth-order valence-electron chi connectivity index (χ4n) is 3.83. The molecule has 0 aliphatic carbocycles. The summed E-state index contributed by atoms with van der Waals surface area (Å²) in [6.07, 6.45) is 0. The summed E-state index contributed by atoms with van der Waals surface area (Å²) in [6, 6.07) is 29.2. The van der Waals surface area contributed by atoms with Gasteiger partial charge in [-0.25, -0.2) is 4.79 Å². The highest BCUT2D eigenvalue weighted by atomic mass is 127. The van der Waals surface area contributed by atoms with Gasteiger partial charge in [-0.05, 0) is 51.9 Å². The van der Waals surface area contributed by atoms with E-state index in [1.807, 2.05) is 84.9 Å². The molecule has 0 atom stereocenters. The number of aromatic nitrogens is 3. The molecule has 5 rings (SSSR count). The molecular weight excluding hydrogens is 541 g/mol. The minimum atomic E-state index is -0.163. The van der Waals surface area contributed by atoms with Crippen molar-refractivity contribution < 1.29 is 9.47 Å². The number of benzene rings is 3. The van der Waals surface area contributed by atoms with Crippen LogP contribution in [0.5, 0.6) is 11.8 Å². The van der Waals surface area contributed by atoms with E-state index in [1.54, 1.807) is 22.2 Å². The molecule has 34 heavy (non-hydrogen) atoms. The van der Waals surface area contributed by atoms with Gasteiger partial charge in [-0.3, -0.25) is 9.13 Å². The van der Waals surface area contributed by atoms with Crippen LogP contribution in [0.1, 0.15) is 11.1 Å². The van der Waals surface area contributed by atoms with E-state index in [4.69, 9.17) is 9.47 Å². The van der Waals surface area contributed by atoms with Crippen LogP contribution in [0, 0.1) is 3.57 Å². The van der Waals surface area contributed by atoms with E-state index < -0.39 is 0 Å². The molecule has 0 amide bonds. The van der Waals surface area contributed by atoms with E-state index in [9.17, 15) is 4.79 Å². The molecule has 0 fully saturated rings. The van der Waals surface area contributed by atoms with Gasteiger partial charge in [-0.2, -0.15) is 4.98 Å². The highest BCUT2D eigenvalue weighted by Gasteiger charge is 2.19. The average molecular weight is 563 g/mol. The Hall–Kier alpha value is -3.59. The Morgan fingerprint density at radius 1 is 0.794 bits per heavy atom. The van der Waals surface area contributed by atoms with Crippen molar-refractivity contribution in [2.75, 3.05) is 0 Å². The zero-order valence-electron chi connectivity index (χ0n) is 18.5. The van der Waals surface area contributed by atoms with Crippen LogP contribution >= 0.6 is 22.6 Å². The summed E-state index contributed by atoms with van der Waals surface area (Å²) in [6.45, 7) is 0.706. The first-order valence-electron chi connectivity index (χ1n) is 10.8. The first-order valence-corrected chi connectivity index (χ1v) is 11.9. The molecule has 170 valence electrons. The van der Waals surface area contributed by atoms with Crippen molar-refractivity contribution >= 4 is 33.6 Å². The molecule has 0 N–H and O–H groups in total. The van der Waals surface area contributed by atoms with Crippen LogP contribution in [0.15, 0.2) is 95.8 Å². The normalized spacial score (nSPS) is 11.0. The van der Waals surface area contributed by atoms with E-state index in [1.165, 1.54) is 0 Å². The van der Waals surface area contributed by atoms with Gasteiger partial charge in [0, 0.05) is 16.7 Å². The van der Waals surface area contributed by atoms with Crippen LogP contribution in [0.4, 0.5) is 0 Å². The monoisotopic (exact) mass is 563 g/mol. The van der Waals surface area contributed by atoms with Crippen LogP contribution in [0.3, 0.4) is 0 Å². The summed E-state index contributed by atoms with van der Waals surface area (Å²) in [5.41, 5.74) is 4.12. The van der Waals surface area contributed by atoms with E-state index in [0.29, 0.717) is 30.7 Å². The molecule has 0 spiro atoms. The lowest BCUT2D eigenvalue weighted by molar-refractivity contribution is 0.267. The Labute approximate surface area is 210 Å². The Bertz CT molecular complexity index is 1490. The van der Waals surface area contributed by atoms with Gasteiger partial charge in [0.15, 0.2) is 0 Å². The number of pyridine rings is 1. The molecule has 5 aromatic rings. The van der Waals surface area contributed by atoms with Gasteiger partial charge in [-0.15, -0.1) is 0 Å². The molecule has 0 bridgehead atoms. The molecule has 0 saturated carbocycles. The maximum absolute atomic E-state index is 13.3. The topological polar surface area (TPSA) is 58.3 Å². The Morgan fingerprint density at radius 3 is 2.12 bits per heavy atom. The number of rotatable bonds is 7. The smallest absolute Gasteiger partial charge is 0.333 e. The molecule has 0 radical (unpaired) electrons. The van der Waals surface area contributed by atoms with Crippen molar-refractivity contribution in [2.45, 2.75) is 13.2 Å². The van der Waals surface area contributed by atoms with E-state index in [0.717, 1.165) is 25.7 Å². The second-order valence-corrected chi connectivity index (χ2v) is 8.97. The predicted molar refractivity (Wildman–Crippen MR) is 141 cm³/mol. The van der Waals surface area contributed by atoms with Gasteiger partial charge < -0.3 is 9.47 Å². The van der Waals surface area contributed by atoms with Crippen LogP contribution in [-0.4, -0.2) is 14.1 Å². The Balaban J connectivity index is 1.56.